The van der Waals surface area contributed by atoms with Crippen molar-refractivity contribution in [3.63, 3.8) is 0 Å². The fourth-order valence-corrected chi connectivity index (χ4v) is 4.48. The van der Waals surface area contributed by atoms with Crippen molar-refractivity contribution in [3.05, 3.63) is 50.9 Å². The third-order valence-electron chi connectivity index (χ3n) is 2.74. The minimum atomic E-state index is -3.68. The lowest BCUT2D eigenvalue weighted by atomic mass is 10.2. The van der Waals surface area contributed by atoms with Gasteiger partial charge in [0.2, 0.25) is 0 Å². The Morgan fingerprint density at radius 2 is 1.81 bits per heavy atom. The largest absolute Gasteiger partial charge is 0.497 e. The number of anilines is 1. The van der Waals surface area contributed by atoms with Gasteiger partial charge in [0.15, 0.2) is 0 Å². The summed E-state index contributed by atoms with van der Waals surface area (Å²) < 4.78 is 33.8. The first-order valence-corrected chi connectivity index (χ1v) is 9.02. The summed E-state index contributed by atoms with van der Waals surface area (Å²) in [5.41, 5.74) is 1.40. The molecule has 0 amide bonds. The third-order valence-corrected chi connectivity index (χ3v) is 5.55. The summed E-state index contributed by atoms with van der Waals surface area (Å²) in [4.78, 5) is 0.187. The molecule has 112 valence electrons. The maximum Gasteiger partial charge on any atom is 0.263 e. The predicted molar refractivity (Wildman–Crippen MR) is 90.4 cm³/mol. The van der Waals surface area contributed by atoms with E-state index in [0.717, 1.165) is 10.0 Å². The molecule has 0 heterocycles. The van der Waals surface area contributed by atoms with Gasteiger partial charge >= 0.3 is 0 Å². The second-order valence-electron chi connectivity index (χ2n) is 4.42. The van der Waals surface area contributed by atoms with Gasteiger partial charge in [0, 0.05) is 15.0 Å². The number of methoxy groups -OCH3 is 1. The van der Waals surface area contributed by atoms with E-state index in [1.54, 1.807) is 36.4 Å². The number of benzene rings is 2. The van der Waals surface area contributed by atoms with Crippen molar-refractivity contribution < 1.29 is 13.2 Å². The van der Waals surface area contributed by atoms with Crippen LogP contribution in [0.2, 0.25) is 0 Å². The van der Waals surface area contributed by atoms with E-state index < -0.39 is 10.0 Å². The minimum absolute atomic E-state index is 0.187. The average Bonchev–Trinajstić information content (AvgIpc) is 2.36. The van der Waals surface area contributed by atoms with Gasteiger partial charge in [-0.15, -0.1) is 0 Å². The van der Waals surface area contributed by atoms with Crippen LogP contribution in [0.4, 0.5) is 5.69 Å². The molecule has 2 aromatic rings. The Labute approximate surface area is 140 Å². The highest BCUT2D eigenvalue weighted by Gasteiger charge is 2.18. The van der Waals surface area contributed by atoms with E-state index in [-0.39, 0.29) is 4.90 Å². The molecule has 2 rings (SSSR count). The SMILES string of the molecule is COc1cc(Br)cc(NS(=O)(=O)c2ccc(C)cc2Br)c1. The van der Waals surface area contributed by atoms with Gasteiger partial charge in [0.05, 0.1) is 12.8 Å². The average molecular weight is 435 g/mol. The van der Waals surface area contributed by atoms with E-state index in [2.05, 4.69) is 36.6 Å². The van der Waals surface area contributed by atoms with Crippen molar-refractivity contribution in [2.75, 3.05) is 11.8 Å². The first kappa shape index (κ1) is 16.3. The van der Waals surface area contributed by atoms with Crippen LogP contribution in [-0.2, 0) is 10.0 Å². The zero-order chi connectivity index (χ0) is 15.6. The highest BCUT2D eigenvalue weighted by Crippen LogP contribution is 2.28. The summed E-state index contributed by atoms with van der Waals surface area (Å²) in [6.45, 7) is 1.90. The first-order valence-electron chi connectivity index (χ1n) is 5.95. The Morgan fingerprint density at radius 3 is 2.43 bits per heavy atom. The van der Waals surface area contributed by atoms with Crippen molar-refractivity contribution in [2.24, 2.45) is 0 Å². The molecule has 0 aliphatic heterocycles. The lowest BCUT2D eigenvalue weighted by molar-refractivity contribution is 0.415. The van der Waals surface area contributed by atoms with E-state index in [4.69, 9.17) is 4.74 Å². The van der Waals surface area contributed by atoms with Crippen LogP contribution in [0, 0.1) is 6.92 Å². The maximum atomic E-state index is 12.4. The molecule has 0 saturated heterocycles. The molecule has 0 aliphatic carbocycles. The quantitative estimate of drug-likeness (QED) is 0.778. The van der Waals surface area contributed by atoms with Crippen LogP contribution in [0.3, 0.4) is 0 Å². The fraction of sp³-hybridized carbons (Fsp3) is 0.143. The summed E-state index contributed by atoms with van der Waals surface area (Å²) in [6.07, 6.45) is 0. The van der Waals surface area contributed by atoms with E-state index in [1.807, 2.05) is 6.92 Å². The van der Waals surface area contributed by atoms with Gasteiger partial charge in [-0.05, 0) is 52.7 Å². The third kappa shape index (κ3) is 3.99. The molecule has 7 heteroatoms. The van der Waals surface area contributed by atoms with Crippen LogP contribution >= 0.6 is 31.9 Å². The lowest BCUT2D eigenvalue weighted by Crippen LogP contribution is -2.13. The van der Waals surface area contributed by atoms with Gasteiger partial charge in [-0.25, -0.2) is 8.42 Å². The number of hydrogen-bond donors (Lipinski definition) is 1. The van der Waals surface area contributed by atoms with Crippen LogP contribution in [-0.4, -0.2) is 15.5 Å². The Kier molecular flexibility index (Phi) is 4.95. The van der Waals surface area contributed by atoms with Crippen LogP contribution < -0.4 is 9.46 Å². The molecule has 0 aliphatic rings. The standard InChI is InChI=1S/C14H13Br2NO3S/c1-9-3-4-14(13(16)5-9)21(18,19)17-11-6-10(15)7-12(8-11)20-2/h3-8,17H,1-2H3. The van der Waals surface area contributed by atoms with E-state index in [0.29, 0.717) is 15.9 Å². The zero-order valence-electron chi connectivity index (χ0n) is 11.4. The van der Waals surface area contributed by atoms with Gasteiger partial charge in [0.25, 0.3) is 10.0 Å². The van der Waals surface area contributed by atoms with Crippen molar-refractivity contribution in [1.82, 2.24) is 0 Å². The Hall–Kier alpha value is -1.05. The van der Waals surface area contributed by atoms with E-state index in [9.17, 15) is 8.42 Å². The molecule has 4 nitrogen and oxygen atoms in total. The normalized spacial score (nSPS) is 11.2. The molecular formula is C14H13Br2NO3S. The van der Waals surface area contributed by atoms with E-state index >= 15 is 0 Å². The smallest absolute Gasteiger partial charge is 0.263 e. The second kappa shape index (κ2) is 6.37. The summed E-state index contributed by atoms with van der Waals surface area (Å²) in [7, 11) is -2.15. The monoisotopic (exact) mass is 433 g/mol. The summed E-state index contributed by atoms with van der Waals surface area (Å²) in [6, 6.07) is 10.1. The number of hydrogen-bond acceptors (Lipinski definition) is 3. The lowest BCUT2D eigenvalue weighted by Gasteiger charge is -2.11. The van der Waals surface area contributed by atoms with Crippen LogP contribution in [0.5, 0.6) is 5.75 Å². The molecule has 0 spiro atoms. The molecular weight excluding hydrogens is 422 g/mol. The van der Waals surface area contributed by atoms with Crippen molar-refractivity contribution in [3.8, 4) is 5.75 Å². The second-order valence-corrected chi connectivity index (χ2v) is 7.84. The van der Waals surface area contributed by atoms with Crippen molar-refractivity contribution >= 4 is 47.6 Å². The number of nitrogens with one attached hydrogen (secondary N) is 1. The number of halogens is 2. The number of ether oxygens (including phenoxy) is 1. The Bertz CT molecular complexity index is 776. The fourth-order valence-electron chi connectivity index (χ4n) is 1.77. The van der Waals surface area contributed by atoms with Crippen LogP contribution in [0.1, 0.15) is 5.56 Å². The van der Waals surface area contributed by atoms with Gasteiger partial charge in [0.1, 0.15) is 10.6 Å². The van der Waals surface area contributed by atoms with Gasteiger partial charge in [-0.3, -0.25) is 4.72 Å². The van der Waals surface area contributed by atoms with Crippen molar-refractivity contribution in [2.45, 2.75) is 11.8 Å². The topological polar surface area (TPSA) is 55.4 Å². The van der Waals surface area contributed by atoms with Gasteiger partial charge in [-0.2, -0.15) is 0 Å². The molecule has 0 radical (unpaired) electrons. The van der Waals surface area contributed by atoms with Crippen molar-refractivity contribution in [1.29, 1.82) is 0 Å². The van der Waals surface area contributed by atoms with Gasteiger partial charge < -0.3 is 4.74 Å². The molecule has 0 unspecified atom stereocenters. The predicted octanol–water partition coefficient (Wildman–Crippen LogP) is 4.33. The summed E-state index contributed by atoms with van der Waals surface area (Å²) in [5, 5.41) is 0. The molecule has 0 bridgehead atoms. The first-order chi connectivity index (χ1) is 9.81. The maximum absolute atomic E-state index is 12.4. The molecule has 2 aromatic carbocycles. The number of aryl methyl sites for hydroxylation is 1. The Balaban J connectivity index is 2.39. The molecule has 0 atom stereocenters. The Morgan fingerprint density at radius 1 is 1.10 bits per heavy atom. The number of sulfonamides is 1. The van der Waals surface area contributed by atoms with E-state index in [1.165, 1.54) is 7.11 Å². The molecule has 0 saturated carbocycles. The minimum Gasteiger partial charge on any atom is -0.497 e. The molecule has 21 heavy (non-hydrogen) atoms. The number of rotatable bonds is 4. The summed E-state index contributed by atoms with van der Waals surface area (Å²) >= 11 is 6.60. The molecule has 0 aromatic heterocycles. The van der Waals surface area contributed by atoms with Crippen LogP contribution in [0.25, 0.3) is 0 Å². The molecule has 1 N–H and O–H groups in total. The van der Waals surface area contributed by atoms with Crippen LogP contribution in [0.15, 0.2) is 50.2 Å². The highest BCUT2D eigenvalue weighted by molar-refractivity contribution is 9.10. The highest BCUT2D eigenvalue weighted by atomic mass is 79.9. The zero-order valence-corrected chi connectivity index (χ0v) is 15.3. The summed E-state index contributed by atoms with van der Waals surface area (Å²) in [5.74, 6) is 0.560. The molecule has 0 fully saturated rings. The van der Waals surface area contributed by atoms with Gasteiger partial charge in [-0.1, -0.05) is 22.0 Å².